The number of aromatic amines is 1. The first-order chi connectivity index (χ1) is 9.76. The van der Waals surface area contributed by atoms with Gasteiger partial charge in [-0.1, -0.05) is 6.07 Å². The number of benzene rings is 1. The van der Waals surface area contributed by atoms with Crippen molar-refractivity contribution in [1.82, 2.24) is 10.2 Å². The number of carbonyl (C=O) groups is 1. The standard InChI is InChI=1S/C14H14N2O4/c1-3-19-14(17)12-9-7-20-13-8(11(9)15-16-12)5-4-6-10(13)18-2/h4-6H,3,7H2,1-2H3,(H,15,16). The summed E-state index contributed by atoms with van der Waals surface area (Å²) in [5.41, 5.74) is 2.58. The summed E-state index contributed by atoms with van der Waals surface area (Å²) in [5, 5.41) is 6.94. The molecule has 0 saturated heterocycles. The molecular weight excluding hydrogens is 260 g/mol. The van der Waals surface area contributed by atoms with Crippen molar-refractivity contribution in [1.29, 1.82) is 0 Å². The Morgan fingerprint density at radius 1 is 1.50 bits per heavy atom. The fourth-order valence-corrected chi connectivity index (χ4v) is 2.26. The van der Waals surface area contributed by atoms with Crippen molar-refractivity contribution in [2.24, 2.45) is 0 Å². The molecule has 6 heteroatoms. The summed E-state index contributed by atoms with van der Waals surface area (Å²) in [7, 11) is 1.59. The molecule has 0 radical (unpaired) electrons. The first kappa shape index (κ1) is 12.5. The van der Waals surface area contributed by atoms with Crippen LogP contribution in [0.3, 0.4) is 0 Å². The number of fused-ring (bicyclic) bond motifs is 3. The maximum atomic E-state index is 11.8. The monoisotopic (exact) mass is 274 g/mol. The number of carbonyl (C=O) groups excluding carboxylic acids is 1. The molecule has 0 atom stereocenters. The third-order valence-corrected chi connectivity index (χ3v) is 3.16. The predicted molar refractivity (Wildman–Crippen MR) is 70.9 cm³/mol. The topological polar surface area (TPSA) is 73.4 Å². The summed E-state index contributed by atoms with van der Waals surface area (Å²) in [5.74, 6) is 0.863. The molecule has 1 N–H and O–H groups in total. The number of esters is 1. The van der Waals surface area contributed by atoms with Gasteiger partial charge in [-0.25, -0.2) is 4.79 Å². The van der Waals surface area contributed by atoms with Gasteiger partial charge in [0, 0.05) is 5.56 Å². The number of para-hydroxylation sites is 1. The predicted octanol–water partition coefficient (Wildman–Crippen LogP) is 2.15. The maximum absolute atomic E-state index is 11.8. The van der Waals surface area contributed by atoms with Gasteiger partial charge in [-0.15, -0.1) is 0 Å². The summed E-state index contributed by atoms with van der Waals surface area (Å²) in [6.07, 6.45) is 0. The van der Waals surface area contributed by atoms with Crippen LogP contribution in [0.5, 0.6) is 11.5 Å². The maximum Gasteiger partial charge on any atom is 0.359 e. The average Bonchev–Trinajstić information content (AvgIpc) is 2.91. The summed E-state index contributed by atoms with van der Waals surface area (Å²) >= 11 is 0. The van der Waals surface area contributed by atoms with Crippen LogP contribution in [0.1, 0.15) is 23.0 Å². The largest absolute Gasteiger partial charge is 0.493 e. The lowest BCUT2D eigenvalue weighted by Crippen LogP contribution is -2.12. The molecule has 3 rings (SSSR count). The lowest BCUT2D eigenvalue weighted by Gasteiger charge is -2.19. The highest BCUT2D eigenvalue weighted by Gasteiger charge is 2.28. The Hall–Kier alpha value is -2.50. The Bertz CT molecular complexity index is 663. The lowest BCUT2D eigenvalue weighted by molar-refractivity contribution is 0.0516. The normalized spacial score (nSPS) is 12.1. The van der Waals surface area contributed by atoms with Gasteiger partial charge in [-0.2, -0.15) is 5.10 Å². The van der Waals surface area contributed by atoms with Gasteiger partial charge in [-0.05, 0) is 19.1 Å². The molecule has 1 aromatic carbocycles. The molecule has 0 amide bonds. The number of nitrogens with one attached hydrogen (secondary N) is 1. The molecule has 2 aromatic rings. The number of ether oxygens (including phenoxy) is 3. The van der Waals surface area contributed by atoms with Crippen LogP contribution in [0.25, 0.3) is 11.3 Å². The summed E-state index contributed by atoms with van der Waals surface area (Å²) < 4.78 is 16.0. The number of hydrogen-bond acceptors (Lipinski definition) is 5. The summed E-state index contributed by atoms with van der Waals surface area (Å²) in [6.45, 7) is 2.33. The van der Waals surface area contributed by atoms with E-state index in [1.807, 2.05) is 18.2 Å². The lowest BCUT2D eigenvalue weighted by atomic mass is 10.0. The van der Waals surface area contributed by atoms with Crippen LogP contribution in [0.2, 0.25) is 0 Å². The second-order valence-electron chi connectivity index (χ2n) is 4.27. The van der Waals surface area contributed by atoms with E-state index in [4.69, 9.17) is 14.2 Å². The molecule has 1 aliphatic heterocycles. The summed E-state index contributed by atoms with van der Waals surface area (Å²) in [6, 6.07) is 5.58. The zero-order valence-electron chi connectivity index (χ0n) is 11.2. The Labute approximate surface area is 115 Å². The van der Waals surface area contributed by atoms with Crippen LogP contribution in [0, 0.1) is 0 Å². The van der Waals surface area contributed by atoms with Gasteiger partial charge in [-0.3, -0.25) is 5.10 Å². The van der Waals surface area contributed by atoms with Gasteiger partial charge in [0.2, 0.25) is 0 Å². The van der Waals surface area contributed by atoms with Crippen molar-refractivity contribution in [2.45, 2.75) is 13.5 Å². The molecule has 2 heterocycles. The molecular formula is C14H14N2O4. The highest BCUT2D eigenvalue weighted by atomic mass is 16.5. The molecule has 104 valence electrons. The third-order valence-electron chi connectivity index (χ3n) is 3.16. The minimum Gasteiger partial charge on any atom is -0.493 e. The molecule has 6 nitrogen and oxygen atoms in total. The van der Waals surface area contributed by atoms with E-state index in [9.17, 15) is 4.79 Å². The molecule has 0 fully saturated rings. The minimum atomic E-state index is -0.444. The molecule has 0 aliphatic carbocycles. The Balaban J connectivity index is 2.08. The van der Waals surface area contributed by atoms with Gasteiger partial charge in [0.15, 0.2) is 17.2 Å². The van der Waals surface area contributed by atoms with Gasteiger partial charge >= 0.3 is 5.97 Å². The van der Waals surface area contributed by atoms with Gasteiger partial charge in [0.25, 0.3) is 0 Å². The highest BCUT2D eigenvalue weighted by molar-refractivity contribution is 5.92. The molecule has 0 bridgehead atoms. The molecule has 0 unspecified atom stereocenters. The molecule has 1 aromatic heterocycles. The van der Waals surface area contributed by atoms with E-state index in [2.05, 4.69) is 10.2 Å². The minimum absolute atomic E-state index is 0.257. The number of H-pyrrole nitrogens is 1. The number of hydrogen-bond donors (Lipinski definition) is 1. The molecule has 0 saturated carbocycles. The molecule has 0 spiro atoms. The Kier molecular flexibility index (Phi) is 3.06. The van der Waals surface area contributed by atoms with Crippen molar-refractivity contribution >= 4 is 5.97 Å². The van der Waals surface area contributed by atoms with Gasteiger partial charge < -0.3 is 14.2 Å². The van der Waals surface area contributed by atoms with E-state index in [1.165, 1.54) is 0 Å². The first-order valence-corrected chi connectivity index (χ1v) is 6.30. The highest BCUT2D eigenvalue weighted by Crippen LogP contribution is 2.43. The van der Waals surface area contributed by atoms with Crippen LogP contribution in [0.4, 0.5) is 0 Å². The van der Waals surface area contributed by atoms with Gasteiger partial charge in [0.05, 0.1) is 25.0 Å². The van der Waals surface area contributed by atoms with E-state index >= 15 is 0 Å². The van der Waals surface area contributed by atoms with Crippen molar-refractivity contribution in [2.75, 3.05) is 13.7 Å². The third kappa shape index (κ3) is 1.80. The van der Waals surface area contributed by atoms with E-state index in [0.717, 1.165) is 11.3 Å². The molecule has 1 aliphatic rings. The number of methoxy groups -OCH3 is 1. The van der Waals surface area contributed by atoms with Crippen molar-refractivity contribution in [3.8, 4) is 22.8 Å². The first-order valence-electron chi connectivity index (χ1n) is 6.30. The zero-order valence-corrected chi connectivity index (χ0v) is 11.2. The fraction of sp³-hybridized carbons (Fsp3) is 0.286. The van der Waals surface area contributed by atoms with Crippen LogP contribution in [-0.4, -0.2) is 29.9 Å². The Morgan fingerprint density at radius 2 is 2.35 bits per heavy atom. The summed E-state index contributed by atoms with van der Waals surface area (Å²) in [4.78, 5) is 11.8. The van der Waals surface area contributed by atoms with Crippen LogP contribution >= 0.6 is 0 Å². The van der Waals surface area contributed by atoms with Crippen LogP contribution in [-0.2, 0) is 11.3 Å². The van der Waals surface area contributed by atoms with Crippen molar-refractivity contribution in [3.05, 3.63) is 29.5 Å². The average molecular weight is 274 g/mol. The van der Waals surface area contributed by atoms with Gasteiger partial charge in [0.1, 0.15) is 6.61 Å². The quantitative estimate of drug-likeness (QED) is 0.868. The number of aromatic nitrogens is 2. The van der Waals surface area contributed by atoms with Crippen LogP contribution < -0.4 is 9.47 Å². The van der Waals surface area contributed by atoms with E-state index in [1.54, 1.807) is 14.0 Å². The smallest absolute Gasteiger partial charge is 0.359 e. The second kappa shape index (κ2) is 4.88. The number of rotatable bonds is 3. The van der Waals surface area contributed by atoms with E-state index < -0.39 is 5.97 Å². The SMILES string of the molecule is CCOC(=O)c1n[nH]c2c1COc1c(OC)cccc1-2. The van der Waals surface area contributed by atoms with Crippen LogP contribution in [0.15, 0.2) is 18.2 Å². The number of nitrogens with zero attached hydrogens (tertiary/aromatic N) is 1. The van der Waals surface area contributed by atoms with Crippen molar-refractivity contribution < 1.29 is 19.0 Å². The van der Waals surface area contributed by atoms with E-state index in [-0.39, 0.29) is 12.3 Å². The second-order valence-corrected chi connectivity index (χ2v) is 4.27. The zero-order chi connectivity index (χ0) is 14.1. The van der Waals surface area contributed by atoms with Crippen molar-refractivity contribution in [3.63, 3.8) is 0 Å². The van der Waals surface area contributed by atoms with E-state index in [0.29, 0.717) is 23.7 Å². The fourth-order valence-electron chi connectivity index (χ4n) is 2.26. The Morgan fingerprint density at radius 3 is 3.10 bits per heavy atom. The molecule has 20 heavy (non-hydrogen) atoms.